The Kier molecular flexibility index (Phi) is 6.08. The molecule has 0 fully saturated rings. The van der Waals surface area contributed by atoms with E-state index in [4.69, 9.17) is 0 Å². The van der Waals surface area contributed by atoms with Crippen molar-refractivity contribution in [1.29, 1.82) is 0 Å². The Morgan fingerprint density at radius 2 is 1.90 bits per heavy atom. The molecule has 8 heteroatoms. The molecule has 158 valence electrons. The quantitative estimate of drug-likeness (QED) is 0.444. The molecule has 0 unspecified atom stereocenters. The summed E-state index contributed by atoms with van der Waals surface area (Å²) in [6, 6.07) is 17.6. The van der Waals surface area contributed by atoms with E-state index >= 15 is 0 Å². The molecule has 2 aromatic carbocycles. The Morgan fingerprint density at radius 3 is 2.65 bits per heavy atom. The van der Waals surface area contributed by atoms with Crippen LogP contribution in [-0.4, -0.2) is 45.6 Å². The first kappa shape index (κ1) is 20.7. The van der Waals surface area contributed by atoms with Crippen molar-refractivity contribution in [2.75, 3.05) is 30.6 Å². The van der Waals surface area contributed by atoms with Crippen molar-refractivity contribution in [2.45, 2.75) is 11.7 Å². The second-order valence-electron chi connectivity index (χ2n) is 7.22. The van der Waals surface area contributed by atoms with Gasteiger partial charge < -0.3 is 10.2 Å². The number of aromatic nitrogens is 4. The third-order valence-electron chi connectivity index (χ3n) is 4.92. The number of imidazole rings is 1. The van der Waals surface area contributed by atoms with Gasteiger partial charge in [0.1, 0.15) is 5.82 Å². The largest absolute Gasteiger partial charge is 0.378 e. The summed E-state index contributed by atoms with van der Waals surface area (Å²) in [7, 11) is 4.03. The zero-order valence-corrected chi connectivity index (χ0v) is 18.5. The molecule has 1 N–H and O–H groups in total. The van der Waals surface area contributed by atoms with Gasteiger partial charge in [-0.1, -0.05) is 30.0 Å². The maximum absolute atomic E-state index is 12.9. The Morgan fingerprint density at radius 1 is 1.10 bits per heavy atom. The lowest BCUT2D eigenvalue weighted by molar-refractivity contribution is 0.102. The van der Waals surface area contributed by atoms with Crippen LogP contribution in [0.2, 0.25) is 0 Å². The first-order valence-corrected chi connectivity index (χ1v) is 11.0. The summed E-state index contributed by atoms with van der Waals surface area (Å²) in [4.78, 5) is 19.3. The fraction of sp³-hybridized carbons (Fsp3) is 0.174. The average molecular weight is 433 g/mol. The maximum Gasteiger partial charge on any atom is 0.256 e. The number of benzene rings is 2. The topological polar surface area (TPSA) is 68.0 Å². The van der Waals surface area contributed by atoms with Gasteiger partial charge in [0.15, 0.2) is 5.16 Å². The van der Waals surface area contributed by atoms with Crippen molar-refractivity contribution in [3.05, 3.63) is 84.3 Å². The Bertz CT molecular complexity index is 1180. The lowest BCUT2D eigenvalue weighted by Gasteiger charge is -2.13. The number of nitrogens with one attached hydrogen (secondary N) is 1. The molecule has 4 aromatic rings. The summed E-state index contributed by atoms with van der Waals surface area (Å²) in [5.74, 6) is 0.469. The van der Waals surface area contributed by atoms with E-state index in [2.05, 4.69) is 44.6 Å². The van der Waals surface area contributed by atoms with Crippen LogP contribution in [0.3, 0.4) is 0 Å². The van der Waals surface area contributed by atoms with Gasteiger partial charge in [0.2, 0.25) is 0 Å². The van der Waals surface area contributed by atoms with Gasteiger partial charge in [-0.05, 0) is 42.2 Å². The molecular weight excluding hydrogens is 408 g/mol. The van der Waals surface area contributed by atoms with Gasteiger partial charge in [-0.3, -0.25) is 9.36 Å². The van der Waals surface area contributed by atoms with E-state index in [9.17, 15) is 4.79 Å². The maximum atomic E-state index is 12.9. The third-order valence-corrected chi connectivity index (χ3v) is 5.59. The fourth-order valence-electron chi connectivity index (χ4n) is 3.26. The van der Waals surface area contributed by atoms with Gasteiger partial charge in [0.25, 0.3) is 5.91 Å². The van der Waals surface area contributed by atoms with E-state index < -0.39 is 0 Å². The SMILES string of the molecule is CSc1nccn1-c1cccc(C(=O)Nc2ccnn2Cc2ccc(N(C)C)cc2)c1. The molecule has 0 saturated carbocycles. The molecule has 0 aliphatic carbocycles. The number of rotatable bonds is 7. The summed E-state index contributed by atoms with van der Waals surface area (Å²) in [6.07, 6.45) is 7.31. The number of thioether (sulfide) groups is 1. The third kappa shape index (κ3) is 4.64. The molecule has 0 aliphatic heterocycles. The Balaban J connectivity index is 1.50. The molecule has 31 heavy (non-hydrogen) atoms. The first-order chi connectivity index (χ1) is 15.0. The molecule has 0 radical (unpaired) electrons. The number of anilines is 2. The summed E-state index contributed by atoms with van der Waals surface area (Å²) in [5, 5.41) is 8.23. The number of nitrogens with zero attached hydrogens (tertiary/aromatic N) is 5. The van der Waals surface area contributed by atoms with Gasteiger partial charge in [0, 0.05) is 49.5 Å². The molecule has 4 rings (SSSR count). The van der Waals surface area contributed by atoms with Crippen molar-refractivity contribution in [2.24, 2.45) is 0 Å². The smallest absolute Gasteiger partial charge is 0.256 e. The molecular formula is C23H24N6OS. The lowest BCUT2D eigenvalue weighted by atomic mass is 10.2. The van der Waals surface area contributed by atoms with Crippen molar-refractivity contribution >= 4 is 29.2 Å². The Hall–Kier alpha value is -3.52. The van der Waals surface area contributed by atoms with Crippen LogP contribution in [-0.2, 0) is 6.54 Å². The van der Waals surface area contributed by atoms with E-state index in [1.165, 1.54) is 0 Å². The van der Waals surface area contributed by atoms with Gasteiger partial charge in [-0.25, -0.2) is 9.67 Å². The van der Waals surface area contributed by atoms with Gasteiger partial charge in [0.05, 0.1) is 12.7 Å². The van der Waals surface area contributed by atoms with Crippen molar-refractivity contribution < 1.29 is 4.79 Å². The number of carbonyl (C=O) groups excluding carboxylic acids is 1. The normalized spacial score (nSPS) is 10.8. The van der Waals surface area contributed by atoms with E-state index in [0.29, 0.717) is 17.9 Å². The van der Waals surface area contributed by atoms with Crippen LogP contribution in [0.4, 0.5) is 11.5 Å². The van der Waals surface area contributed by atoms with Gasteiger partial charge in [-0.15, -0.1) is 0 Å². The minimum absolute atomic E-state index is 0.183. The molecule has 0 spiro atoms. The number of hydrogen-bond acceptors (Lipinski definition) is 5. The standard InChI is InChI=1S/C23H24N6OS/c1-27(2)19-9-7-17(8-10-19)16-29-21(11-12-25-29)26-22(30)18-5-4-6-20(15-18)28-14-13-24-23(28)31-3/h4-15H,16H2,1-3H3,(H,26,30). The van der Waals surface area contributed by atoms with Crippen LogP contribution >= 0.6 is 11.8 Å². The predicted molar refractivity (Wildman–Crippen MR) is 125 cm³/mol. The second kappa shape index (κ2) is 9.09. The molecule has 0 bridgehead atoms. The van der Waals surface area contributed by atoms with Crippen molar-refractivity contribution in [3.8, 4) is 5.69 Å². The summed E-state index contributed by atoms with van der Waals surface area (Å²) >= 11 is 1.56. The van der Waals surface area contributed by atoms with Crippen LogP contribution < -0.4 is 10.2 Å². The summed E-state index contributed by atoms with van der Waals surface area (Å²) in [5.41, 5.74) is 3.71. The monoisotopic (exact) mass is 432 g/mol. The first-order valence-electron chi connectivity index (χ1n) is 9.82. The van der Waals surface area contributed by atoms with E-state index in [-0.39, 0.29) is 5.91 Å². The zero-order chi connectivity index (χ0) is 21.8. The highest BCUT2D eigenvalue weighted by Gasteiger charge is 2.12. The van der Waals surface area contributed by atoms with Crippen LogP contribution in [0.15, 0.2) is 78.3 Å². The van der Waals surface area contributed by atoms with E-state index in [0.717, 1.165) is 22.1 Å². The van der Waals surface area contributed by atoms with Crippen LogP contribution in [0, 0.1) is 0 Å². The number of carbonyl (C=O) groups is 1. The second-order valence-corrected chi connectivity index (χ2v) is 8.00. The summed E-state index contributed by atoms with van der Waals surface area (Å²) < 4.78 is 3.75. The minimum atomic E-state index is -0.183. The molecule has 2 heterocycles. The predicted octanol–water partition coefficient (Wildman–Crippen LogP) is 4.16. The molecule has 2 aromatic heterocycles. The molecule has 1 amide bonds. The van der Waals surface area contributed by atoms with Crippen molar-refractivity contribution in [1.82, 2.24) is 19.3 Å². The van der Waals surface area contributed by atoms with E-state index in [1.807, 2.05) is 49.3 Å². The van der Waals surface area contributed by atoms with Gasteiger partial charge >= 0.3 is 0 Å². The minimum Gasteiger partial charge on any atom is -0.378 e. The van der Waals surface area contributed by atoms with E-state index in [1.54, 1.807) is 41.0 Å². The van der Waals surface area contributed by atoms with Crippen LogP contribution in [0.5, 0.6) is 0 Å². The number of amides is 1. The van der Waals surface area contributed by atoms with Crippen molar-refractivity contribution in [3.63, 3.8) is 0 Å². The van der Waals surface area contributed by atoms with Gasteiger partial charge in [-0.2, -0.15) is 5.10 Å². The molecule has 0 aliphatic rings. The Labute approximate surface area is 185 Å². The summed E-state index contributed by atoms with van der Waals surface area (Å²) in [6.45, 7) is 0.572. The molecule has 7 nitrogen and oxygen atoms in total. The fourth-order valence-corrected chi connectivity index (χ4v) is 3.79. The molecule has 0 saturated heterocycles. The number of hydrogen-bond donors (Lipinski definition) is 1. The zero-order valence-electron chi connectivity index (χ0n) is 17.7. The van der Waals surface area contributed by atoms with Crippen LogP contribution in [0.25, 0.3) is 5.69 Å². The average Bonchev–Trinajstić information content (AvgIpc) is 3.43. The highest BCUT2D eigenvalue weighted by molar-refractivity contribution is 7.98. The lowest BCUT2D eigenvalue weighted by Crippen LogP contribution is -2.16. The molecule has 0 atom stereocenters. The highest BCUT2D eigenvalue weighted by Crippen LogP contribution is 2.20. The highest BCUT2D eigenvalue weighted by atomic mass is 32.2. The van der Waals surface area contributed by atoms with Crippen LogP contribution in [0.1, 0.15) is 15.9 Å².